The molecule has 0 saturated heterocycles. The number of hydrogen-bond donors (Lipinski definition) is 3. The lowest BCUT2D eigenvalue weighted by molar-refractivity contribution is 0.102. The number of hydrogen-bond acceptors (Lipinski definition) is 7. The number of phenols is 2. The van der Waals surface area contributed by atoms with Crippen LogP contribution in [0.2, 0.25) is 5.02 Å². The number of aromatic hydroxyl groups is 2. The fourth-order valence-electron chi connectivity index (χ4n) is 2.23. The number of carbonyl (C=O) groups is 1. The van der Waals surface area contributed by atoms with Gasteiger partial charge >= 0.3 is 0 Å². The Hall–Kier alpha value is -2.71. The summed E-state index contributed by atoms with van der Waals surface area (Å²) in [6.45, 7) is 2.09. The van der Waals surface area contributed by atoms with Crippen LogP contribution in [0.3, 0.4) is 0 Å². The third kappa shape index (κ3) is 4.93. The molecule has 0 amide bonds. The van der Waals surface area contributed by atoms with Crippen LogP contribution in [0, 0.1) is 6.92 Å². The van der Waals surface area contributed by atoms with E-state index in [1.807, 2.05) is 13.0 Å². The Morgan fingerprint density at radius 1 is 1.26 bits per heavy atom. The number of ether oxygens (including phenoxy) is 1. The number of carbonyl (C=O) groups excluding carboxylic acids is 1. The van der Waals surface area contributed by atoms with Crippen molar-refractivity contribution in [2.75, 3.05) is 5.75 Å². The Balaban J connectivity index is 1.54. The highest BCUT2D eigenvalue weighted by Gasteiger charge is 2.14. The summed E-state index contributed by atoms with van der Waals surface area (Å²) in [5.74, 6) is 0.573. The molecule has 27 heavy (non-hydrogen) atoms. The Bertz CT molecular complexity index is 977. The predicted octanol–water partition coefficient (Wildman–Crippen LogP) is 3.73. The first-order valence-corrected chi connectivity index (χ1v) is 9.27. The van der Waals surface area contributed by atoms with Gasteiger partial charge in [-0.05, 0) is 42.8 Å². The molecule has 3 aromatic rings. The first-order chi connectivity index (χ1) is 12.9. The number of thioether (sulfide) groups is 1. The number of nitrogens with one attached hydrogen (secondary N) is 1. The molecule has 0 aliphatic rings. The monoisotopic (exact) mass is 405 g/mol. The first kappa shape index (κ1) is 19.1. The van der Waals surface area contributed by atoms with E-state index in [1.165, 1.54) is 12.1 Å². The molecule has 0 atom stereocenters. The van der Waals surface area contributed by atoms with Gasteiger partial charge in [0.1, 0.15) is 23.9 Å². The maximum Gasteiger partial charge on any atom is 0.208 e. The van der Waals surface area contributed by atoms with Crippen molar-refractivity contribution in [3.05, 3.63) is 58.4 Å². The molecule has 0 spiro atoms. The van der Waals surface area contributed by atoms with Gasteiger partial charge in [0.2, 0.25) is 5.16 Å². The average Bonchev–Trinajstić information content (AvgIpc) is 3.08. The van der Waals surface area contributed by atoms with Gasteiger partial charge in [-0.15, -0.1) is 5.10 Å². The maximum absolute atomic E-state index is 12.2. The second kappa shape index (κ2) is 8.32. The van der Waals surface area contributed by atoms with E-state index in [0.29, 0.717) is 21.8 Å². The van der Waals surface area contributed by atoms with E-state index in [0.717, 1.165) is 23.4 Å². The molecule has 0 bridgehead atoms. The lowest BCUT2D eigenvalue weighted by Gasteiger charge is -2.05. The Kier molecular flexibility index (Phi) is 5.88. The van der Waals surface area contributed by atoms with E-state index < -0.39 is 0 Å². The smallest absolute Gasteiger partial charge is 0.208 e. The van der Waals surface area contributed by atoms with Crippen LogP contribution in [0.5, 0.6) is 17.2 Å². The zero-order chi connectivity index (χ0) is 19.4. The molecule has 0 saturated carbocycles. The molecule has 3 N–H and O–H groups in total. The molecule has 0 unspecified atom stereocenters. The lowest BCUT2D eigenvalue weighted by atomic mass is 10.1. The van der Waals surface area contributed by atoms with Crippen molar-refractivity contribution in [2.45, 2.75) is 18.7 Å². The van der Waals surface area contributed by atoms with Gasteiger partial charge < -0.3 is 14.9 Å². The van der Waals surface area contributed by atoms with E-state index in [9.17, 15) is 15.0 Å². The average molecular weight is 406 g/mol. The van der Waals surface area contributed by atoms with Crippen molar-refractivity contribution >= 4 is 29.1 Å². The van der Waals surface area contributed by atoms with Crippen LogP contribution in [0.15, 0.2) is 41.6 Å². The van der Waals surface area contributed by atoms with Crippen molar-refractivity contribution in [1.82, 2.24) is 15.2 Å². The van der Waals surface area contributed by atoms with Crippen LogP contribution in [0.1, 0.15) is 21.7 Å². The second-order valence-electron chi connectivity index (χ2n) is 5.68. The molecule has 1 heterocycles. The van der Waals surface area contributed by atoms with E-state index in [1.54, 1.807) is 12.1 Å². The molecule has 3 rings (SSSR count). The highest BCUT2D eigenvalue weighted by Crippen LogP contribution is 2.25. The minimum absolute atomic E-state index is 0.0485. The van der Waals surface area contributed by atoms with Crippen molar-refractivity contribution in [3.63, 3.8) is 0 Å². The van der Waals surface area contributed by atoms with Gasteiger partial charge in [-0.25, -0.2) is 4.98 Å². The highest BCUT2D eigenvalue weighted by atomic mass is 35.5. The van der Waals surface area contributed by atoms with E-state index in [2.05, 4.69) is 15.2 Å². The van der Waals surface area contributed by atoms with E-state index >= 15 is 0 Å². The molecular formula is C18H16ClN3O4S. The Morgan fingerprint density at radius 3 is 2.81 bits per heavy atom. The predicted molar refractivity (Wildman–Crippen MR) is 102 cm³/mol. The van der Waals surface area contributed by atoms with E-state index in [-0.39, 0.29) is 35.2 Å². The third-order valence-electron chi connectivity index (χ3n) is 3.63. The van der Waals surface area contributed by atoms with Crippen LogP contribution in [0.4, 0.5) is 0 Å². The molecule has 7 nitrogen and oxygen atoms in total. The van der Waals surface area contributed by atoms with Crippen LogP contribution in [-0.4, -0.2) is 36.9 Å². The maximum atomic E-state index is 12.2. The summed E-state index contributed by atoms with van der Waals surface area (Å²) in [6, 6.07) is 9.20. The summed E-state index contributed by atoms with van der Waals surface area (Å²) in [4.78, 5) is 16.4. The minimum Gasteiger partial charge on any atom is -0.508 e. The number of benzene rings is 2. The zero-order valence-electron chi connectivity index (χ0n) is 14.3. The van der Waals surface area contributed by atoms with Crippen molar-refractivity contribution < 1.29 is 19.7 Å². The second-order valence-corrected chi connectivity index (χ2v) is 7.03. The highest BCUT2D eigenvalue weighted by molar-refractivity contribution is 7.99. The van der Waals surface area contributed by atoms with Gasteiger partial charge in [0.15, 0.2) is 11.6 Å². The van der Waals surface area contributed by atoms with Gasteiger partial charge in [0.05, 0.1) is 11.3 Å². The van der Waals surface area contributed by atoms with Crippen molar-refractivity contribution in [1.29, 1.82) is 0 Å². The minimum atomic E-state index is -0.295. The van der Waals surface area contributed by atoms with Gasteiger partial charge in [0, 0.05) is 11.1 Å². The number of Topliss-reactive ketones (excluding diaryl/α,β-unsaturated/α-hetero) is 1. The Labute approximate surface area is 164 Å². The molecule has 9 heteroatoms. The molecule has 0 aliphatic carbocycles. The SMILES string of the molecule is Cc1cc(OCc2nc(SCC(=O)c3ccc(O)cc3O)n[nH]2)ccc1Cl. The Morgan fingerprint density at radius 2 is 2.07 bits per heavy atom. The number of nitrogens with zero attached hydrogens (tertiary/aromatic N) is 2. The summed E-state index contributed by atoms with van der Waals surface area (Å²) in [7, 11) is 0. The van der Waals surface area contributed by atoms with Crippen LogP contribution in [-0.2, 0) is 6.61 Å². The molecule has 140 valence electrons. The topological polar surface area (TPSA) is 108 Å². The molecule has 2 aromatic carbocycles. The standard InChI is InChI=1S/C18H16ClN3O4S/c1-10-6-12(3-5-14(10)19)26-8-17-20-18(22-21-17)27-9-16(25)13-4-2-11(23)7-15(13)24/h2-7,23-24H,8-9H2,1H3,(H,20,21,22). The molecule has 0 aliphatic heterocycles. The number of aromatic amines is 1. The van der Waals surface area contributed by atoms with Crippen molar-refractivity contribution in [2.24, 2.45) is 0 Å². The fourth-order valence-corrected chi connectivity index (χ4v) is 3.05. The number of phenolic OH excluding ortho intramolecular Hbond substituents is 2. The molecule has 0 fully saturated rings. The summed E-state index contributed by atoms with van der Waals surface area (Å²) < 4.78 is 5.64. The molecule has 1 aromatic heterocycles. The summed E-state index contributed by atoms with van der Waals surface area (Å²) in [5, 5.41) is 26.9. The van der Waals surface area contributed by atoms with Crippen LogP contribution >= 0.6 is 23.4 Å². The normalized spacial score (nSPS) is 10.7. The summed E-state index contributed by atoms with van der Waals surface area (Å²) in [5.41, 5.74) is 1.05. The quantitative estimate of drug-likeness (QED) is 0.406. The largest absolute Gasteiger partial charge is 0.508 e. The summed E-state index contributed by atoms with van der Waals surface area (Å²) in [6.07, 6.45) is 0. The number of H-pyrrole nitrogens is 1. The number of aryl methyl sites for hydroxylation is 1. The lowest BCUT2D eigenvalue weighted by Crippen LogP contribution is -2.03. The van der Waals surface area contributed by atoms with Gasteiger partial charge in [0.25, 0.3) is 0 Å². The summed E-state index contributed by atoms with van der Waals surface area (Å²) >= 11 is 7.11. The third-order valence-corrected chi connectivity index (χ3v) is 4.90. The van der Waals surface area contributed by atoms with Crippen molar-refractivity contribution in [3.8, 4) is 17.2 Å². The number of ketones is 1. The van der Waals surface area contributed by atoms with Crippen LogP contribution < -0.4 is 4.74 Å². The number of aromatic nitrogens is 3. The fraction of sp³-hybridized carbons (Fsp3) is 0.167. The number of rotatable bonds is 7. The number of halogens is 1. The van der Waals surface area contributed by atoms with Gasteiger partial charge in [-0.1, -0.05) is 23.4 Å². The van der Waals surface area contributed by atoms with E-state index in [4.69, 9.17) is 16.3 Å². The van der Waals surface area contributed by atoms with Crippen LogP contribution in [0.25, 0.3) is 0 Å². The van der Waals surface area contributed by atoms with Gasteiger partial charge in [-0.3, -0.25) is 9.89 Å². The first-order valence-electron chi connectivity index (χ1n) is 7.90. The zero-order valence-corrected chi connectivity index (χ0v) is 15.8. The van der Waals surface area contributed by atoms with Gasteiger partial charge in [-0.2, -0.15) is 0 Å². The molecule has 0 radical (unpaired) electrons. The molecular weight excluding hydrogens is 390 g/mol.